The maximum atomic E-state index is 6.38. The van der Waals surface area contributed by atoms with Crippen LogP contribution in [0.2, 0.25) is 0 Å². The molecule has 0 radical (unpaired) electrons. The zero-order chi connectivity index (χ0) is 11.5. The third-order valence-corrected chi connectivity index (χ3v) is 4.28. The van der Waals surface area contributed by atoms with Crippen LogP contribution in [-0.2, 0) is 4.74 Å². The Morgan fingerprint density at radius 3 is 2.47 bits per heavy atom. The first-order valence-corrected chi connectivity index (χ1v) is 6.33. The van der Waals surface area contributed by atoms with Crippen LogP contribution in [0.3, 0.4) is 0 Å². The van der Waals surface area contributed by atoms with Crippen LogP contribution in [0.1, 0.15) is 52.9 Å². The first-order valence-electron chi connectivity index (χ1n) is 6.33. The molecule has 0 aromatic rings. The van der Waals surface area contributed by atoms with Gasteiger partial charge in [-0.3, -0.25) is 0 Å². The zero-order valence-electron chi connectivity index (χ0n) is 10.8. The van der Waals surface area contributed by atoms with Crippen LogP contribution in [0, 0.1) is 11.8 Å². The van der Waals surface area contributed by atoms with Crippen molar-refractivity contribution in [2.24, 2.45) is 17.6 Å². The van der Waals surface area contributed by atoms with Crippen molar-refractivity contribution < 1.29 is 4.74 Å². The summed E-state index contributed by atoms with van der Waals surface area (Å²) in [6.07, 6.45) is 6.63. The molecule has 1 aliphatic rings. The predicted molar refractivity (Wildman–Crippen MR) is 64.8 cm³/mol. The van der Waals surface area contributed by atoms with Crippen molar-refractivity contribution in [2.45, 2.75) is 64.5 Å². The molecule has 3 atom stereocenters. The first-order chi connectivity index (χ1) is 7.03. The largest absolute Gasteiger partial charge is 0.377 e. The average molecular weight is 213 g/mol. The predicted octanol–water partition coefficient (Wildman–Crippen LogP) is 2.96. The normalized spacial score (nSPS) is 30.2. The summed E-state index contributed by atoms with van der Waals surface area (Å²) < 4.78 is 5.52. The summed E-state index contributed by atoms with van der Waals surface area (Å²) in [5.41, 5.74) is 6.19. The Bertz CT molecular complexity index is 191. The van der Waals surface area contributed by atoms with Crippen LogP contribution in [-0.4, -0.2) is 18.8 Å². The molecule has 1 saturated carbocycles. The minimum Gasteiger partial charge on any atom is -0.377 e. The molecule has 1 aliphatic carbocycles. The number of ether oxygens (including phenoxy) is 1. The van der Waals surface area contributed by atoms with E-state index in [1.165, 1.54) is 32.1 Å². The number of hydrogen-bond donors (Lipinski definition) is 1. The highest BCUT2D eigenvalue weighted by Gasteiger charge is 2.37. The third kappa shape index (κ3) is 2.94. The molecule has 0 aliphatic heterocycles. The molecule has 3 unspecified atom stereocenters. The minimum atomic E-state index is -0.185. The maximum Gasteiger partial charge on any atom is 0.0775 e. The van der Waals surface area contributed by atoms with Crippen molar-refractivity contribution in [3.63, 3.8) is 0 Å². The summed E-state index contributed by atoms with van der Waals surface area (Å²) >= 11 is 0. The fourth-order valence-electron chi connectivity index (χ4n) is 2.87. The molecule has 15 heavy (non-hydrogen) atoms. The topological polar surface area (TPSA) is 35.2 Å². The summed E-state index contributed by atoms with van der Waals surface area (Å²) in [5.74, 6) is 1.46. The van der Waals surface area contributed by atoms with Crippen LogP contribution < -0.4 is 5.73 Å². The molecule has 0 spiro atoms. The Hall–Kier alpha value is -0.0800. The lowest BCUT2D eigenvalue weighted by Crippen LogP contribution is -2.52. The second-order valence-electron chi connectivity index (χ2n) is 5.45. The highest BCUT2D eigenvalue weighted by molar-refractivity contribution is 4.92. The second kappa shape index (κ2) is 5.31. The molecular formula is C13H27NO. The molecule has 2 heteroatoms. The van der Waals surface area contributed by atoms with E-state index < -0.39 is 0 Å². The van der Waals surface area contributed by atoms with Gasteiger partial charge < -0.3 is 10.5 Å². The molecule has 1 rings (SSSR count). The molecule has 0 saturated heterocycles. The molecule has 90 valence electrons. The fourth-order valence-corrected chi connectivity index (χ4v) is 2.87. The summed E-state index contributed by atoms with van der Waals surface area (Å²) in [6.45, 7) is 6.51. The summed E-state index contributed by atoms with van der Waals surface area (Å²) in [6, 6.07) is 0.174. The lowest BCUT2D eigenvalue weighted by atomic mass is 9.70. The van der Waals surface area contributed by atoms with E-state index in [4.69, 9.17) is 10.5 Å². The number of rotatable bonds is 4. The van der Waals surface area contributed by atoms with Gasteiger partial charge in [-0.2, -0.15) is 0 Å². The lowest BCUT2D eigenvalue weighted by Gasteiger charge is -2.41. The van der Waals surface area contributed by atoms with Gasteiger partial charge in [0.2, 0.25) is 0 Å². The van der Waals surface area contributed by atoms with Crippen molar-refractivity contribution in [3.8, 4) is 0 Å². The molecular weight excluding hydrogens is 186 g/mol. The van der Waals surface area contributed by atoms with E-state index in [9.17, 15) is 0 Å². The fraction of sp³-hybridized carbons (Fsp3) is 1.00. The van der Waals surface area contributed by atoms with Crippen LogP contribution >= 0.6 is 0 Å². The van der Waals surface area contributed by atoms with E-state index in [0.717, 1.165) is 5.92 Å². The van der Waals surface area contributed by atoms with Gasteiger partial charge in [-0.1, -0.05) is 32.6 Å². The van der Waals surface area contributed by atoms with Gasteiger partial charge in [0.25, 0.3) is 0 Å². The molecule has 2 nitrogen and oxygen atoms in total. The Balaban J connectivity index is 2.67. The van der Waals surface area contributed by atoms with Gasteiger partial charge >= 0.3 is 0 Å². The molecule has 0 heterocycles. The standard InChI is InChI=1S/C13H27NO/c1-5-10-8-6-7-9-11(10)12(14)13(2,3)15-4/h10-12H,5-9,14H2,1-4H3. The van der Waals surface area contributed by atoms with E-state index in [0.29, 0.717) is 5.92 Å². The summed E-state index contributed by atoms with van der Waals surface area (Å²) in [7, 11) is 1.77. The van der Waals surface area contributed by atoms with Crippen molar-refractivity contribution in [3.05, 3.63) is 0 Å². The van der Waals surface area contributed by atoms with E-state index in [-0.39, 0.29) is 11.6 Å². The SMILES string of the molecule is CCC1CCCCC1C(N)C(C)(C)OC. The number of methoxy groups -OCH3 is 1. The van der Waals surface area contributed by atoms with Gasteiger partial charge in [0.1, 0.15) is 0 Å². The van der Waals surface area contributed by atoms with Crippen LogP contribution in [0.25, 0.3) is 0 Å². The van der Waals surface area contributed by atoms with Crippen molar-refractivity contribution >= 4 is 0 Å². The first kappa shape index (κ1) is 13.0. The van der Waals surface area contributed by atoms with Crippen molar-refractivity contribution in [1.82, 2.24) is 0 Å². The highest BCUT2D eigenvalue weighted by Crippen LogP contribution is 2.37. The molecule has 0 bridgehead atoms. The summed E-state index contributed by atoms with van der Waals surface area (Å²) in [5, 5.41) is 0. The van der Waals surface area contributed by atoms with Crippen LogP contribution in [0.5, 0.6) is 0 Å². The van der Waals surface area contributed by atoms with E-state index in [1.54, 1.807) is 7.11 Å². The lowest BCUT2D eigenvalue weighted by molar-refractivity contribution is -0.0304. The minimum absolute atomic E-state index is 0.174. The average Bonchev–Trinajstić information content (AvgIpc) is 2.28. The molecule has 0 amide bonds. The van der Waals surface area contributed by atoms with E-state index in [2.05, 4.69) is 20.8 Å². The quantitative estimate of drug-likeness (QED) is 0.779. The smallest absolute Gasteiger partial charge is 0.0775 e. The summed E-state index contributed by atoms with van der Waals surface area (Å²) in [4.78, 5) is 0. The number of hydrogen-bond acceptors (Lipinski definition) is 2. The van der Waals surface area contributed by atoms with Crippen molar-refractivity contribution in [2.75, 3.05) is 7.11 Å². The Morgan fingerprint density at radius 1 is 1.33 bits per heavy atom. The maximum absolute atomic E-state index is 6.38. The molecule has 0 aromatic carbocycles. The Kier molecular flexibility index (Phi) is 4.60. The van der Waals surface area contributed by atoms with Crippen molar-refractivity contribution in [1.29, 1.82) is 0 Å². The molecule has 1 fully saturated rings. The Labute approximate surface area is 94.6 Å². The van der Waals surface area contributed by atoms with Crippen LogP contribution in [0.15, 0.2) is 0 Å². The van der Waals surface area contributed by atoms with Gasteiger partial charge in [0.05, 0.1) is 5.60 Å². The van der Waals surface area contributed by atoms with Crippen LogP contribution in [0.4, 0.5) is 0 Å². The molecule has 2 N–H and O–H groups in total. The zero-order valence-corrected chi connectivity index (χ0v) is 10.8. The Morgan fingerprint density at radius 2 is 1.93 bits per heavy atom. The monoisotopic (exact) mass is 213 g/mol. The third-order valence-electron chi connectivity index (χ3n) is 4.28. The molecule has 0 aromatic heterocycles. The highest BCUT2D eigenvalue weighted by atomic mass is 16.5. The van der Waals surface area contributed by atoms with Gasteiger partial charge in [0, 0.05) is 13.2 Å². The van der Waals surface area contributed by atoms with Gasteiger partial charge in [-0.15, -0.1) is 0 Å². The van der Waals surface area contributed by atoms with Gasteiger partial charge in [0.15, 0.2) is 0 Å². The number of nitrogens with two attached hydrogens (primary N) is 1. The van der Waals surface area contributed by atoms with E-state index in [1.807, 2.05) is 0 Å². The van der Waals surface area contributed by atoms with Gasteiger partial charge in [-0.05, 0) is 32.1 Å². The van der Waals surface area contributed by atoms with E-state index >= 15 is 0 Å². The van der Waals surface area contributed by atoms with Gasteiger partial charge in [-0.25, -0.2) is 0 Å². The second-order valence-corrected chi connectivity index (χ2v) is 5.45.